The van der Waals surface area contributed by atoms with Gasteiger partial charge in [0.2, 0.25) is 5.91 Å². The van der Waals surface area contributed by atoms with Gasteiger partial charge in [-0.15, -0.1) is 0 Å². The van der Waals surface area contributed by atoms with Crippen LogP contribution in [0.25, 0.3) is 0 Å². The van der Waals surface area contributed by atoms with Crippen LogP contribution < -0.4 is 5.32 Å². The quantitative estimate of drug-likeness (QED) is 0.876. The number of amides is 1. The second-order valence-electron chi connectivity index (χ2n) is 6.98. The highest BCUT2D eigenvalue weighted by atomic mass is 16.2. The molecule has 0 bridgehead atoms. The molecular weight excluding hydrogens is 314 g/mol. The molecule has 2 aromatic heterocycles. The summed E-state index contributed by atoms with van der Waals surface area (Å²) in [6.07, 6.45) is 9.94. The van der Waals surface area contributed by atoms with E-state index in [2.05, 4.69) is 26.5 Å². The SMILES string of the molecule is Cc1ccc(NC(=O)C2CCCN(CCCc3cnn(C)c3)C2)nc1. The number of rotatable bonds is 6. The Bertz CT molecular complexity index is 694. The van der Waals surface area contributed by atoms with Gasteiger partial charge in [0, 0.05) is 26.0 Å². The first kappa shape index (κ1) is 17.6. The molecule has 0 aliphatic carbocycles. The molecule has 134 valence electrons. The van der Waals surface area contributed by atoms with Crippen molar-refractivity contribution in [1.29, 1.82) is 0 Å². The molecule has 1 aliphatic rings. The number of aryl methyl sites for hydroxylation is 3. The van der Waals surface area contributed by atoms with Gasteiger partial charge in [-0.25, -0.2) is 4.98 Å². The second-order valence-corrected chi connectivity index (χ2v) is 6.98. The number of anilines is 1. The van der Waals surface area contributed by atoms with Crippen molar-refractivity contribution in [2.75, 3.05) is 25.0 Å². The first-order valence-corrected chi connectivity index (χ1v) is 9.03. The average Bonchev–Trinajstić information content (AvgIpc) is 3.02. The van der Waals surface area contributed by atoms with E-state index in [9.17, 15) is 4.79 Å². The fourth-order valence-corrected chi connectivity index (χ4v) is 3.35. The Morgan fingerprint density at radius 3 is 2.96 bits per heavy atom. The van der Waals surface area contributed by atoms with E-state index in [1.165, 1.54) is 5.56 Å². The summed E-state index contributed by atoms with van der Waals surface area (Å²) in [5.41, 5.74) is 2.37. The number of hydrogen-bond donors (Lipinski definition) is 1. The molecule has 6 heteroatoms. The van der Waals surface area contributed by atoms with Gasteiger partial charge < -0.3 is 10.2 Å². The Balaban J connectivity index is 1.45. The molecule has 1 unspecified atom stereocenters. The molecule has 0 spiro atoms. The van der Waals surface area contributed by atoms with Crippen LogP contribution in [0.3, 0.4) is 0 Å². The number of hydrogen-bond acceptors (Lipinski definition) is 4. The molecule has 0 aromatic carbocycles. The predicted octanol–water partition coefficient (Wildman–Crippen LogP) is 2.41. The number of pyridine rings is 1. The van der Waals surface area contributed by atoms with Gasteiger partial charge in [0.1, 0.15) is 5.82 Å². The summed E-state index contributed by atoms with van der Waals surface area (Å²) in [6, 6.07) is 3.83. The van der Waals surface area contributed by atoms with Crippen LogP contribution in [-0.4, -0.2) is 45.2 Å². The maximum atomic E-state index is 12.5. The molecule has 6 nitrogen and oxygen atoms in total. The maximum absolute atomic E-state index is 12.5. The summed E-state index contributed by atoms with van der Waals surface area (Å²) in [5.74, 6) is 0.785. The first-order valence-electron chi connectivity index (χ1n) is 9.03. The lowest BCUT2D eigenvalue weighted by Crippen LogP contribution is -2.41. The third-order valence-electron chi connectivity index (χ3n) is 4.74. The van der Waals surface area contributed by atoms with Gasteiger partial charge in [-0.1, -0.05) is 6.07 Å². The number of piperidine rings is 1. The number of nitrogens with one attached hydrogen (secondary N) is 1. The monoisotopic (exact) mass is 341 g/mol. The van der Waals surface area contributed by atoms with E-state index in [0.29, 0.717) is 5.82 Å². The lowest BCUT2D eigenvalue weighted by molar-refractivity contribution is -0.121. The van der Waals surface area contributed by atoms with E-state index < -0.39 is 0 Å². The van der Waals surface area contributed by atoms with Crippen molar-refractivity contribution < 1.29 is 4.79 Å². The zero-order valence-electron chi connectivity index (χ0n) is 15.1. The Labute approximate surface area is 149 Å². The molecule has 2 aromatic rings. The summed E-state index contributed by atoms with van der Waals surface area (Å²) >= 11 is 0. The third kappa shape index (κ3) is 5.13. The molecule has 1 amide bonds. The van der Waals surface area contributed by atoms with Crippen LogP contribution in [0.1, 0.15) is 30.4 Å². The van der Waals surface area contributed by atoms with Gasteiger partial charge in [0.15, 0.2) is 0 Å². The van der Waals surface area contributed by atoms with Crippen molar-refractivity contribution in [3.05, 3.63) is 41.9 Å². The van der Waals surface area contributed by atoms with E-state index in [1.807, 2.05) is 37.0 Å². The average molecular weight is 341 g/mol. The van der Waals surface area contributed by atoms with Crippen LogP contribution in [0.2, 0.25) is 0 Å². The van der Waals surface area contributed by atoms with Gasteiger partial charge >= 0.3 is 0 Å². The predicted molar refractivity (Wildman–Crippen MR) is 98.3 cm³/mol. The van der Waals surface area contributed by atoms with Crippen molar-refractivity contribution in [1.82, 2.24) is 19.7 Å². The van der Waals surface area contributed by atoms with Gasteiger partial charge in [-0.05, 0) is 62.9 Å². The van der Waals surface area contributed by atoms with Crippen molar-refractivity contribution in [3.63, 3.8) is 0 Å². The summed E-state index contributed by atoms with van der Waals surface area (Å²) < 4.78 is 1.84. The molecule has 0 saturated carbocycles. The summed E-state index contributed by atoms with van der Waals surface area (Å²) in [5, 5.41) is 7.16. The summed E-state index contributed by atoms with van der Waals surface area (Å²) in [6.45, 7) is 4.94. The van der Waals surface area contributed by atoms with Crippen molar-refractivity contribution in [2.24, 2.45) is 13.0 Å². The second kappa shape index (κ2) is 8.25. The van der Waals surface area contributed by atoms with E-state index in [4.69, 9.17) is 0 Å². The molecule has 1 saturated heterocycles. The highest BCUT2D eigenvalue weighted by Gasteiger charge is 2.25. The smallest absolute Gasteiger partial charge is 0.229 e. The standard InChI is InChI=1S/C19H27N5O/c1-15-7-8-18(20-11-15)22-19(25)17-6-4-10-24(14-17)9-3-5-16-12-21-23(2)13-16/h7-8,11-13,17H,3-6,9-10,14H2,1-2H3,(H,20,22,25). The largest absolute Gasteiger partial charge is 0.310 e. The summed E-state index contributed by atoms with van der Waals surface area (Å²) in [4.78, 5) is 19.2. The Morgan fingerprint density at radius 2 is 2.24 bits per heavy atom. The lowest BCUT2D eigenvalue weighted by Gasteiger charge is -2.31. The van der Waals surface area contributed by atoms with Crippen LogP contribution >= 0.6 is 0 Å². The number of nitrogens with zero attached hydrogens (tertiary/aromatic N) is 4. The topological polar surface area (TPSA) is 63.1 Å². The highest BCUT2D eigenvalue weighted by Crippen LogP contribution is 2.19. The Hall–Kier alpha value is -2.21. The molecule has 3 rings (SSSR count). The van der Waals surface area contributed by atoms with Gasteiger partial charge in [-0.2, -0.15) is 5.10 Å². The maximum Gasteiger partial charge on any atom is 0.229 e. The van der Waals surface area contributed by atoms with Crippen molar-refractivity contribution >= 4 is 11.7 Å². The van der Waals surface area contributed by atoms with Crippen LogP contribution in [0, 0.1) is 12.8 Å². The fraction of sp³-hybridized carbons (Fsp3) is 0.526. The Morgan fingerprint density at radius 1 is 1.36 bits per heavy atom. The lowest BCUT2D eigenvalue weighted by atomic mass is 9.97. The minimum atomic E-state index is 0.0512. The molecule has 3 heterocycles. The molecule has 1 fully saturated rings. The minimum Gasteiger partial charge on any atom is -0.310 e. The van der Waals surface area contributed by atoms with Crippen LogP contribution in [0.5, 0.6) is 0 Å². The van der Waals surface area contributed by atoms with Gasteiger partial charge in [0.05, 0.1) is 12.1 Å². The fourth-order valence-electron chi connectivity index (χ4n) is 3.35. The first-order chi connectivity index (χ1) is 12.1. The van der Waals surface area contributed by atoms with Crippen molar-refractivity contribution in [3.8, 4) is 0 Å². The minimum absolute atomic E-state index is 0.0512. The molecular formula is C19H27N5O. The van der Waals surface area contributed by atoms with Crippen LogP contribution in [0.4, 0.5) is 5.82 Å². The molecule has 1 aliphatic heterocycles. The third-order valence-corrected chi connectivity index (χ3v) is 4.74. The number of likely N-dealkylation sites (tertiary alicyclic amines) is 1. The van der Waals surface area contributed by atoms with E-state index in [-0.39, 0.29) is 11.8 Å². The summed E-state index contributed by atoms with van der Waals surface area (Å²) in [7, 11) is 1.94. The number of aromatic nitrogens is 3. The normalized spacial score (nSPS) is 18.2. The Kier molecular flexibility index (Phi) is 5.81. The highest BCUT2D eigenvalue weighted by molar-refractivity contribution is 5.91. The molecule has 1 atom stereocenters. The number of carbonyl (C=O) groups is 1. The molecule has 0 radical (unpaired) electrons. The molecule has 25 heavy (non-hydrogen) atoms. The van der Waals surface area contributed by atoms with E-state index in [1.54, 1.807) is 6.20 Å². The van der Waals surface area contributed by atoms with Crippen LogP contribution in [-0.2, 0) is 18.3 Å². The number of carbonyl (C=O) groups excluding carboxylic acids is 1. The van der Waals surface area contributed by atoms with Gasteiger partial charge in [-0.3, -0.25) is 9.48 Å². The van der Waals surface area contributed by atoms with E-state index >= 15 is 0 Å². The van der Waals surface area contributed by atoms with Crippen molar-refractivity contribution in [2.45, 2.75) is 32.6 Å². The molecule has 1 N–H and O–H groups in total. The van der Waals surface area contributed by atoms with Crippen LogP contribution in [0.15, 0.2) is 30.7 Å². The zero-order valence-corrected chi connectivity index (χ0v) is 15.1. The zero-order chi connectivity index (χ0) is 17.6. The van der Waals surface area contributed by atoms with E-state index in [0.717, 1.165) is 50.9 Å². The van der Waals surface area contributed by atoms with Gasteiger partial charge in [0.25, 0.3) is 0 Å².